The molecule has 0 radical (unpaired) electrons. The Morgan fingerprint density at radius 3 is 2.25 bits per heavy atom. The van der Waals surface area contributed by atoms with Gasteiger partial charge in [0.2, 0.25) is 5.91 Å². The molecule has 70 valence electrons. The summed E-state index contributed by atoms with van der Waals surface area (Å²) in [7, 11) is 1.51. The zero-order chi connectivity index (χ0) is 9.98. The van der Waals surface area contributed by atoms with Gasteiger partial charge >= 0.3 is 0 Å². The first-order chi connectivity index (χ1) is 5.70. The lowest BCUT2D eigenvalue weighted by molar-refractivity contribution is -0.118. The van der Waals surface area contributed by atoms with Crippen LogP contribution in [0.4, 0.5) is 0 Å². The van der Waals surface area contributed by atoms with Crippen LogP contribution in [0.3, 0.4) is 0 Å². The highest BCUT2D eigenvalue weighted by Crippen LogP contribution is 1.91. The molecule has 0 saturated heterocycles. The smallest absolute Gasteiger partial charge is 0.220 e. The van der Waals surface area contributed by atoms with Crippen molar-refractivity contribution in [2.45, 2.75) is 20.8 Å². The number of amides is 1. The van der Waals surface area contributed by atoms with Crippen molar-refractivity contribution in [2.75, 3.05) is 7.11 Å². The third-order valence-electron chi connectivity index (χ3n) is 0.855. The summed E-state index contributed by atoms with van der Waals surface area (Å²) in [6, 6.07) is 0. The van der Waals surface area contributed by atoms with Gasteiger partial charge in [0.05, 0.1) is 7.11 Å². The fourth-order valence-corrected chi connectivity index (χ4v) is 0.374. The molecule has 1 N–H and O–H groups in total. The molecule has 0 aromatic heterocycles. The van der Waals surface area contributed by atoms with Crippen LogP contribution in [0, 0.1) is 0 Å². The second-order valence-electron chi connectivity index (χ2n) is 1.66. The van der Waals surface area contributed by atoms with E-state index in [2.05, 4.69) is 11.9 Å². The highest BCUT2D eigenvalue weighted by atomic mass is 16.5. The minimum atomic E-state index is -0.128. The average molecular weight is 171 g/mol. The summed E-state index contributed by atoms with van der Waals surface area (Å²) in [5, 5.41) is 2.45. The Labute approximate surface area is 74.1 Å². The molecule has 3 nitrogen and oxygen atoms in total. The van der Waals surface area contributed by atoms with Crippen LogP contribution in [-0.4, -0.2) is 13.0 Å². The molecule has 0 aliphatic heterocycles. The molecular weight excluding hydrogens is 154 g/mol. The first-order valence-corrected chi connectivity index (χ1v) is 3.84. The molecule has 0 unspecified atom stereocenters. The van der Waals surface area contributed by atoms with Gasteiger partial charge in [0.25, 0.3) is 0 Å². The van der Waals surface area contributed by atoms with Crippen LogP contribution in [0.15, 0.2) is 24.6 Å². The standard InChI is InChI=1S/C7H11NO2.C2H6/c1-4-7(10-3)5-8-6(2)9;1-2/h4-5H,1H2,2-3H3,(H,8,9);1-2H3/b7-5-;. The molecule has 0 aliphatic carbocycles. The van der Waals surface area contributed by atoms with Crippen LogP contribution < -0.4 is 5.32 Å². The Morgan fingerprint density at radius 2 is 2.00 bits per heavy atom. The monoisotopic (exact) mass is 171 g/mol. The van der Waals surface area contributed by atoms with E-state index in [1.807, 2.05) is 13.8 Å². The van der Waals surface area contributed by atoms with Crippen molar-refractivity contribution in [3.8, 4) is 0 Å². The van der Waals surface area contributed by atoms with Gasteiger partial charge in [0.1, 0.15) is 5.76 Å². The van der Waals surface area contributed by atoms with E-state index < -0.39 is 0 Å². The summed E-state index contributed by atoms with van der Waals surface area (Å²) in [4.78, 5) is 10.3. The van der Waals surface area contributed by atoms with E-state index in [-0.39, 0.29) is 5.91 Å². The predicted octanol–water partition coefficient (Wildman–Crippen LogP) is 1.82. The van der Waals surface area contributed by atoms with E-state index in [9.17, 15) is 4.79 Å². The molecule has 0 heterocycles. The first kappa shape index (κ1) is 13.3. The molecule has 3 heteroatoms. The van der Waals surface area contributed by atoms with Gasteiger partial charge in [0, 0.05) is 13.1 Å². The number of hydrogen-bond donors (Lipinski definition) is 1. The van der Waals surface area contributed by atoms with Crippen molar-refractivity contribution < 1.29 is 9.53 Å². The number of hydrogen-bond acceptors (Lipinski definition) is 2. The number of rotatable bonds is 3. The number of allylic oxidation sites excluding steroid dienone is 1. The summed E-state index contributed by atoms with van der Waals surface area (Å²) in [6.07, 6.45) is 2.96. The maximum atomic E-state index is 10.3. The highest BCUT2D eigenvalue weighted by molar-refractivity contribution is 5.73. The predicted molar refractivity (Wildman–Crippen MR) is 50.5 cm³/mol. The third-order valence-corrected chi connectivity index (χ3v) is 0.855. The number of methoxy groups -OCH3 is 1. The van der Waals surface area contributed by atoms with Crippen LogP contribution in [0.1, 0.15) is 20.8 Å². The van der Waals surface area contributed by atoms with Crippen LogP contribution in [0.2, 0.25) is 0 Å². The molecular formula is C9H17NO2. The lowest BCUT2D eigenvalue weighted by Crippen LogP contribution is -2.12. The summed E-state index contributed by atoms with van der Waals surface area (Å²) < 4.78 is 4.78. The Balaban J connectivity index is 0. The topological polar surface area (TPSA) is 38.3 Å². The zero-order valence-electron chi connectivity index (χ0n) is 8.18. The van der Waals surface area contributed by atoms with Crippen molar-refractivity contribution in [3.63, 3.8) is 0 Å². The Bertz CT molecular complexity index is 162. The quantitative estimate of drug-likeness (QED) is 0.519. The number of ether oxygens (including phenoxy) is 1. The maximum Gasteiger partial charge on any atom is 0.220 e. The molecule has 0 saturated carbocycles. The van der Waals surface area contributed by atoms with Crippen molar-refractivity contribution in [3.05, 3.63) is 24.6 Å². The largest absolute Gasteiger partial charge is 0.495 e. The molecule has 12 heavy (non-hydrogen) atoms. The van der Waals surface area contributed by atoms with Gasteiger partial charge in [-0.2, -0.15) is 0 Å². The van der Waals surface area contributed by atoms with Crippen molar-refractivity contribution in [1.29, 1.82) is 0 Å². The molecule has 0 aliphatic rings. The molecule has 0 fully saturated rings. The SMILES string of the molecule is C=C/C(=C/NC(C)=O)OC.CC. The number of carbonyl (C=O) groups excluding carboxylic acids is 1. The lowest BCUT2D eigenvalue weighted by atomic mass is 10.5. The van der Waals surface area contributed by atoms with Crippen LogP contribution in [-0.2, 0) is 9.53 Å². The van der Waals surface area contributed by atoms with Crippen molar-refractivity contribution >= 4 is 5.91 Å². The number of carbonyl (C=O) groups is 1. The second-order valence-corrected chi connectivity index (χ2v) is 1.66. The van der Waals surface area contributed by atoms with E-state index in [0.717, 1.165) is 0 Å². The summed E-state index contributed by atoms with van der Waals surface area (Å²) in [5.41, 5.74) is 0. The summed E-state index contributed by atoms with van der Waals surface area (Å²) in [5.74, 6) is 0.409. The van der Waals surface area contributed by atoms with E-state index in [0.29, 0.717) is 5.76 Å². The normalized spacial score (nSPS) is 9.17. The molecule has 0 aromatic rings. The molecule has 0 aromatic carbocycles. The Morgan fingerprint density at radius 1 is 1.50 bits per heavy atom. The lowest BCUT2D eigenvalue weighted by Gasteiger charge is -1.98. The molecule has 0 atom stereocenters. The van der Waals surface area contributed by atoms with Gasteiger partial charge in [-0.15, -0.1) is 0 Å². The van der Waals surface area contributed by atoms with Crippen molar-refractivity contribution in [2.24, 2.45) is 0 Å². The minimum absolute atomic E-state index is 0.128. The van der Waals surface area contributed by atoms with Gasteiger partial charge in [-0.1, -0.05) is 20.4 Å². The van der Waals surface area contributed by atoms with Gasteiger partial charge < -0.3 is 10.1 Å². The fourth-order valence-electron chi connectivity index (χ4n) is 0.374. The minimum Gasteiger partial charge on any atom is -0.495 e. The Kier molecular flexibility index (Phi) is 10.8. The van der Waals surface area contributed by atoms with E-state index in [1.54, 1.807) is 0 Å². The van der Waals surface area contributed by atoms with Crippen LogP contribution >= 0.6 is 0 Å². The fraction of sp³-hybridized carbons (Fsp3) is 0.444. The van der Waals surface area contributed by atoms with Crippen molar-refractivity contribution in [1.82, 2.24) is 5.32 Å². The first-order valence-electron chi connectivity index (χ1n) is 3.84. The van der Waals surface area contributed by atoms with Gasteiger partial charge in [-0.05, 0) is 6.08 Å². The van der Waals surface area contributed by atoms with Gasteiger partial charge in [0.15, 0.2) is 0 Å². The highest BCUT2D eigenvalue weighted by Gasteiger charge is 1.87. The second kappa shape index (κ2) is 9.75. The summed E-state index contributed by atoms with van der Waals surface area (Å²) in [6.45, 7) is 8.89. The molecule has 1 amide bonds. The molecule has 0 bridgehead atoms. The Hall–Kier alpha value is -1.25. The van der Waals surface area contributed by atoms with E-state index in [1.165, 1.54) is 26.3 Å². The van der Waals surface area contributed by atoms with Gasteiger partial charge in [-0.3, -0.25) is 4.79 Å². The van der Waals surface area contributed by atoms with Gasteiger partial charge in [-0.25, -0.2) is 0 Å². The maximum absolute atomic E-state index is 10.3. The molecule has 0 spiro atoms. The third kappa shape index (κ3) is 8.75. The molecule has 0 rings (SSSR count). The number of nitrogens with one attached hydrogen (secondary N) is 1. The van der Waals surface area contributed by atoms with Crippen LogP contribution in [0.25, 0.3) is 0 Å². The van der Waals surface area contributed by atoms with E-state index in [4.69, 9.17) is 4.74 Å². The zero-order valence-corrected chi connectivity index (χ0v) is 8.18. The average Bonchev–Trinajstić information content (AvgIpc) is 2.09. The summed E-state index contributed by atoms with van der Waals surface area (Å²) >= 11 is 0. The van der Waals surface area contributed by atoms with Crippen LogP contribution in [0.5, 0.6) is 0 Å². The van der Waals surface area contributed by atoms with E-state index >= 15 is 0 Å².